The number of fused-ring (bicyclic) bond motifs is 4. The fourth-order valence-corrected chi connectivity index (χ4v) is 5.98. The molecule has 6 N–H and O–H groups in total. The summed E-state index contributed by atoms with van der Waals surface area (Å²) in [6, 6.07) is 15.8. The Morgan fingerprint density at radius 3 is 2.65 bits per heavy atom. The van der Waals surface area contributed by atoms with Crippen LogP contribution >= 0.6 is 0 Å². The van der Waals surface area contributed by atoms with Crippen LogP contribution in [0.15, 0.2) is 54.7 Å². The number of nitrogens with one attached hydrogen (secondary N) is 2. The van der Waals surface area contributed by atoms with E-state index >= 15 is 0 Å². The first kappa shape index (κ1) is 24.3. The molecule has 0 spiro atoms. The molecule has 1 aromatic heterocycles. The van der Waals surface area contributed by atoms with Gasteiger partial charge in [-0.15, -0.1) is 0 Å². The first-order valence-corrected chi connectivity index (χ1v) is 12.6. The van der Waals surface area contributed by atoms with Gasteiger partial charge in [-0.05, 0) is 65.6 Å². The smallest absolute Gasteiger partial charge is 0.343 e. The molecule has 1 saturated heterocycles. The lowest BCUT2D eigenvalue weighted by Gasteiger charge is -2.39. The van der Waals surface area contributed by atoms with Crippen molar-refractivity contribution >= 4 is 38.4 Å². The van der Waals surface area contributed by atoms with Gasteiger partial charge in [0.05, 0.1) is 5.39 Å². The molecule has 2 heterocycles. The number of hydrogen-bond acceptors (Lipinski definition) is 8. The van der Waals surface area contributed by atoms with Gasteiger partial charge in [-0.3, -0.25) is 0 Å². The molecule has 1 aliphatic heterocycles. The molecule has 9 nitrogen and oxygen atoms in total. The summed E-state index contributed by atoms with van der Waals surface area (Å²) in [5.41, 5.74) is -1.09. The molecule has 9 heteroatoms. The Hall–Kier alpha value is -3.05. The third kappa shape index (κ3) is 3.73. The first-order chi connectivity index (χ1) is 17.7. The minimum absolute atomic E-state index is 0.0893. The maximum absolute atomic E-state index is 13.2. The molecule has 37 heavy (non-hydrogen) atoms. The predicted octanol–water partition coefficient (Wildman–Crippen LogP) is 2.08. The number of ether oxygens (including phenoxy) is 2. The van der Waals surface area contributed by atoms with Gasteiger partial charge >= 0.3 is 5.97 Å². The first-order valence-electron chi connectivity index (χ1n) is 12.6. The average molecular weight is 507 g/mol. The number of aliphatic hydroxyl groups is 4. The molecule has 2 fully saturated rings. The summed E-state index contributed by atoms with van der Waals surface area (Å²) in [4.78, 5) is 16.3. The van der Waals surface area contributed by atoms with E-state index in [4.69, 9.17) is 9.47 Å². The van der Waals surface area contributed by atoms with Crippen molar-refractivity contribution in [2.45, 2.75) is 61.9 Å². The SMILES string of the molecule is CCN[C@@H]1CC[C@](O)([C@]2(O)O[C@@H](C(=O)Oc3c[nH]c4ccc5cc6ccccc6cc5c34)[C@H](O)[C@H]2O)C1. The van der Waals surface area contributed by atoms with Gasteiger partial charge in [-0.1, -0.05) is 37.3 Å². The third-order valence-corrected chi connectivity index (χ3v) is 7.93. The quantitative estimate of drug-likeness (QED) is 0.178. The van der Waals surface area contributed by atoms with Crippen molar-refractivity contribution in [3.8, 4) is 5.75 Å². The monoisotopic (exact) mass is 506 g/mol. The highest BCUT2D eigenvalue weighted by atomic mass is 16.7. The molecule has 6 atom stereocenters. The van der Waals surface area contributed by atoms with E-state index in [1.807, 2.05) is 49.4 Å². The summed E-state index contributed by atoms with van der Waals surface area (Å²) in [7, 11) is 0. The van der Waals surface area contributed by atoms with Gasteiger partial charge in [-0.2, -0.15) is 0 Å². The Labute approximate surface area is 212 Å². The van der Waals surface area contributed by atoms with E-state index in [9.17, 15) is 25.2 Å². The number of carbonyl (C=O) groups is 1. The molecule has 0 bridgehead atoms. The summed E-state index contributed by atoms with van der Waals surface area (Å²) in [5.74, 6) is -3.27. The molecule has 0 radical (unpaired) electrons. The van der Waals surface area contributed by atoms with Crippen LogP contribution < -0.4 is 10.1 Å². The summed E-state index contributed by atoms with van der Waals surface area (Å²) in [5, 5.41) is 51.6. The second-order valence-electron chi connectivity index (χ2n) is 10.2. The topological polar surface area (TPSA) is 144 Å². The number of benzene rings is 3. The third-order valence-electron chi connectivity index (χ3n) is 7.93. The normalized spacial score (nSPS) is 32.0. The minimum atomic E-state index is -2.52. The number of H-pyrrole nitrogens is 1. The van der Waals surface area contributed by atoms with Crippen LogP contribution in [0.25, 0.3) is 32.4 Å². The van der Waals surface area contributed by atoms with Crippen molar-refractivity contribution in [2.24, 2.45) is 0 Å². The van der Waals surface area contributed by atoms with Gasteiger partial charge in [0.25, 0.3) is 0 Å². The van der Waals surface area contributed by atoms with E-state index in [0.717, 1.165) is 27.1 Å². The molecule has 1 aliphatic carbocycles. The van der Waals surface area contributed by atoms with Crippen molar-refractivity contribution in [3.05, 3.63) is 54.7 Å². The Morgan fingerprint density at radius 2 is 1.89 bits per heavy atom. The van der Waals surface area contributed by atoms with Gasteiger partial charge in [0.2, 0.25) is 5.79 Å². The Kier molecular flexibility index (Phi) is 5.76. The van der Waals surface area contributed by atoms with Gasteiger partial charge in [0, 0.05) is 17.8 Å². The fraction of sp³-hybridized carbons (Fsp3) is 0.393. The number of aromatic amines is 1. The Bertz CT molecular complexity index is 1500. The minimum Gasteiger partial charge on any atom is -0.422 e. The van der Waals surface area contributed by atoms with Crippen LogP contribution in [0, 0.1) is 0 Å². The molecule has 4 aromatic rings. The Morgan fingerprint density at radius 1 is 1.14 bits per heavy atom. The number of rotatable bonds is 5. The summed E-state index contributed by atoms with van der Waals surface area (Å²) >= 11 is 0. The van der Waals surface area contributed by atoms with Crippen molar-refractivity contribution in [2.75, 3.05) is 6.54 Å². The van der Waals surface area contributed by atoms with E-state index in [-0.39, 0.29) is 24.6 Å². The summed E-state index contributed by atoms with van der Waals surface area (Å²) in [6.07, 6.45) is -3.04. The highest BCUT2D eigenvalue weighted by Gasteiger charge is 2.67. The molecule has 0 unspecified atom stereocenters. The second-order valence-corrected chi connectivity index (χ2v) is 10.2. The molecule has 3 aromatic carbocycles. The molecule has 1 saturated carbocycles. The van der Waals surface area contributed by atoms with Gasteiger partial charge in [0.15, 0.2) is 11.9 Å². The zero-order valence-electron chi connectivity index (χ0n) is 20.3. The number of aromatic nitrogens is 1. The molecule has 0 amide bonds. The Balaban J connectivity index is 1.30. The van der Waals surface area contributed by atoms with E-state index in [2.05, 4.69) is 16.4 Å². The van der Waals surface area contributed by atoms with Crippen LogP contribution in [-0.4, -0.2) is 73.7 Å². The lowest BCUT2D eigenvalue weighted by molar-refractivity contribution is -0.313. The lowest BCUT2D eigenvalue weighted by Crippen LogP contribution is -2.60. The molecular weight excluding hydrogens is 476 g/mol. The van der Waals surface area contributed by atoms with Crippen molar-refractivity contribution < 1.29 is 34.7 Å². The van der Waals surface area contributed by atoms with Crippen LogP contribution in [-0.2, 0) is 9.53 Å². The van der Waals surface area contributed by atoms with Crippen LogP contribution in [0.4, 0.5) is 0 Å². The van der Waals surface area contributed by atoms with E-state index in [1.165, 1.54) is 0 Å². The zero-order chi connectivity index (χ0) is 25.9. The number of hydrogen-bond donors (Lipinski definition) is 6. The van der Waals surface area contributed by atoms with Gasteiger partial charge in [0.1, 0.15) is 17.8 Å². The average Bonchev–Trinajstić information content (AvgIpc) is 3.55. The van der Waals surface area contributed by atoms with Crippen molar-refractivity contribution in [1.82, 2.24) is 10.3 Å². The highest BCUT2D eigenvalue weighted by molar-refractivity contribution is 6.14. The van der Waals surface area contributed by atoms with Crippen LogP contribution in [0.5, 0.6) is 5.75 Å². The number of aliphatic hydroxyl groups excluding tert-OH is 2. The number of carbonyl (C=O) groups excluding carboxylic acids is 1. The van der Waals surface area contributed by atoms with Crippen LogP contribution in [0.1, 0.15) is 26.2 Å². The summed E-state index contributed by atoms with van der Waals surface area (Å²) < 4.78 is 11.2. The molecular formula is C28H30N2O7. The zero-order valence-corrected chi connectivity index (χ0v) is 20.3. The largest absolute Gasteiger partial charge is 0.422 e. The van der Waals surface area contributed by atoms with E-state index in [0.29, 0.717) is 18.4 Å². The molecule has 2 aliphatic rings. The van der Waals surface area contributed by atoms with Crippen molar-refractivity contribution in [3.63, 3.8) is 0 Å². The maximum atomic E-state index is 13.2. The van der Waals surface area contributed by atoms with Crippen LogP contribution in [0.2, 0.25) is 0 Å². The van der Waals surface area contributed by atoms with E-state index in [1.54, 1.807) is 6.20 Å². The maximum Gasteiger partial charge on any atom is 0.343 e. The lowest BCUT2D eigenvalue weighted by atomic mass is 9.86. The summed E-state index contributed by atoms with van der Waals surface area (Å²) in [6.45, 7) is 2.61. The predicted molar refractivity (Wildman–Crippen MR) is 137 cm³/mol. The molecule has 194 valence electrons. The van der Waals surface area contributed by atoms with Gasteiger partial charge in [-0.25, -0.2) is 4.79 Å². The number of esters is 1. The van der Waals surface area contributed by atoms with Crippen molar-refractivity contribution in [1.29, 1.82) is 0 Å². The van der Waals surface area contributed by atoms with Gasteiger partial charge < -0.3 is 40.2 Å². The molecule has 6 rings (SSSR count). The van der Waals surface area contributed by atoms with Crippen LogP contribution in [0.3, 0.4) is 0 Å². The second kappa shape index (κ2) is 8.76. The highest BCUT2D eigenvalue weighted by Crippen LogP contribution is 2.46. The standard InChI is InChI=1S/C28H30N2O7/c1-2-29-18-9-10-27(34,13-18)28(35)25(32)23(31)24(37-28)26(33)36-21-14-30-20-8-7-17-11-15-5-3-4-6-16(15)12-19(17)22(20)21/h3-8,11-12,14,18,23-25,29-32,34-35H,2,9-10,13H2,1H3/t18-,23+,24-,25-,27-,28-/m1/s1. The fourth-order valence-electron chi connectivity index (χ4n) is 5.98. The van der Waals surface area contributed by atoms with E-state index < -0.39 is 35.7 Å².